The molecule has 36 heavy (non-hydrogen) atoms. The summed E-state index contributed by atoms with van der Waals surface area (Å²) in [6.07, 6.45) is -2.90. The van der Waals surface area contributed by atoms with Gasteiger partial charge in [-0.05, 0) is 19.9 Å². The molecule has 8 nitrogen and oxygen atoms in total. The van der Waals surface area contributed by atoms with Crippen LogP contribution in [0, 0.1) is 12.7 Å². The largest absolute Gasteiger partial charge is 0.395 e. The predicted molar refractivity (Wildman–Crippen MR) is 131 cm³/mol. The summed E-state index contributed by atoms with van der Waals surface area (Å²) in [5, 5.41) is 12.7. The van der Waals surface area contributed by atoms with Crippen molar-refractivity contribution in [2.24, 2.45) is 4.99 Å². The van der Waals surface area contributed by atoms with Gasteiger partial charge in [0.05, 0.1) is 29.5 Å². The second kappa shape index (κ2) is 10.1. The minimum absolute atomic E-state index is 0.105. The highest BCUT2D eigenvalue weighted by Crippen LogP contribution is 2.36. The van der Waals surface area contributed by atoms with Crippen LogP contribution in [0.1, 0.15) is 36.3 Å². The maximum atomic E-state index is 14.8. The third-order valence-electron chi connectivity index (χ3n) is 6.88. The van der Waals surface area contributed by atoms with Gasteiger partial charge in [0.1, 0.15) is 23.3 Å². The van der Waals surface area contributed by atoms with Gasteiger partial charge in [0.25, 0.3) is 6.43 Å². The van der Waals surface area contributed by atoms with Crippen molar-refractivity contribution in [1.82, 2.24) is 19.4 Å². The highest BCUT2D eigenvalue weighted by atomic mass is 19.3. The molecule has 1 aromatic carbocycles. The van der Waals surface area contributed by atoms with E-state index >= 15 is 0 Å². The molecule has 0 saturated carbocycles. The minimum Gasteiger partial charge on any atom is -0.395 e. The molecule has 2 N–H and O–H groups in total. The lowest BCUT2D eigenvalue weighted by Crippen LogP contribution is -2.47. The van der Waals surface area contributed by atoms with Crippen LogP contribution in [0.3, 0.4) is 0 Å². The van der Waals surface area contributed by atoms with Crippen molar-refractivity contribution >= 4 is 11.5 Å². The molecule has 0 amide bonds. The number of benzene rings is 1. The molecule has 0 bridgehead atoms. The zero-order valence-corrected chi connectivity index (χ0v) is 20.4. The zero-order valence-electron chi connectivity index (χ0n) is 20.4. The number of aliphatic hydroxyl groups is 1. The molecule has 4 aliphatic heterocycles. The van der Waals surface area contributed by atoms with Gasteiger partial charge in [0, 0.05) is 51.4 Å². The maximum Gasteiger partial charge on any atom is 0.266 e. The van der Waals surface area contributed by atoms with E-state index in [2.05, 4.69) is 29.7 Å². The standard InChI is InChI=1S/C25H30F3N7O/c1-15(17-4-3-5-18(21(17)26)22(27)28)30-23-19-14-20(34-10-8-33(9-11-34)12-13-36)25-29-6-7-35(25)24(19)32-16(2)31-23/h3-5,14-15,22,29,36H,6-13H2,1-2H3/t15-/m1/s1. The van der Waals surface area contributed by atoms with E-state index in [0.717, 1.165) is 68.2 Å². The second-order valence-corrected chi connectivity index (χ2v) is 9.20. The Hall–Kier alpha value is -3.18. The van der Waals surface area contributed by atoms with Gasteiger partial charge in [-0.2, -0.15) is 0 Å². The summed E-state index contributed by atoms with van der Waals surface area (Å²) in [6, 6.07) is 5.32. The van der Waals surface area contributed by atoms with Gasteiger partial charge in [-0.1, -0.05) is 18.2 Å². The average Bonchev–Trinajstić information content (AvgIpc) is 3.35. The van der Waals surface area contributed by atoms with E-state index in [0.29, 0.717) is 17.9 Å². The van der Waals surface area contributed by atoms with E-state index in [9.17, 15) is 18.3 Å². The van der Waals surface area contributed by atoms with Gasteiger partial charge in [0.2, 0.25) is 0 Å². The Morgan fingerprint density at radius 1 is 1.11 bits per heavy atom. The third kappa shape index (κ3) is 4.53. The molecular weight excluding hydrogens is 471 g/mol. The number of rotatable bonds is 6. The Bertz CT molecular complexity index is 1290. The van der Waals surface area contributed by atoms with Crippen LogP contribution in [-0.2, 0) is 6.54 Å². The molecule has 0 unspecified atom stereocenters. The lowest BCUT2D eigenvalue weighted by molar-refractivity contribution is 0.146. The fourth-order valence-electron chi connectivity index (χ4n) is 5.03. The summed E-state index contributed by atoms with van der Waals surface area (Å²) in [4.78, 5) is 18.5. The molecule has 0 radical (unpaired) electrons. The SMILES string of the molecule is Cc1nc2n3c(c(N4CCN(CCO)CC4)cc-2c(=N[C@H](C)c2cccc(C(F)F)c2F)n1)NCC3. The quantitative estimate of drug-likeness (QED) is 0.541. The molecule has 4 aliphatic rings. The summed E-state index contributed by atoms with van der Waals surface area (Å²) in [7, 11) is 0. The predicted octanol–water partition coefficient (Wildman–Crippen LogP) is 2.97. The number of aromatic nitrogens is 3. The summed E-state index contributed by atoms with van der Waals surface area (Å²) in [5.41, 5.74) is 1.65. The molecule has 1 fully saturated rings. The van der Waals surface area contributed by atoms with E-state index in [-0.39, 0.29) is 12.2 Å². The van der Waals surface area contributed by atoms with Crippen molar-refractivity contribution < 1.29 is 18.3 Å². The van der Waals surface area contributed by atoms with Crippen molar-refractivity contribution in [3.63, 3.8) is 0 Å². The monoisotopic (exact) mass is 501 g/mol. The molecule has 4 heterocycles. The fraction of sp³-hybridized carbons (Fsp3) is 0.480. The Morgan fingerprint density at radius 3 is 2.58 bits per heavy atom. The van der Waals surface area contributed by atoms with Gasteiger partial charge < -0.3 is 19.9 Å². The van der Waals surface area contributed by atoms with E-state index < -0.39 is 23.8 Å². The molecule has 0 aliphatic carbocycles. The normalized spacial score (nSPS) is 17.6. The van der Waals surface area contributed by atoms with Crippen molar-refractivity contribution in [1.29, 1.82) is 0 Å². The van der Waals surface area contributed by atoms with Crippen LogP contribution in [0.25, 0.3) is 11.4 Å². The smallest absolute Gasteiger partial charge is 0.266 e. The number of aryl methyl sites for hydroxylation is 1. The number of fused-ring (bicyclic) bond motifs is 3. The van der Waals surface area contributed by atoms with E-state index in [1.807, 2.05) is 6.07 Å². The van der Waals surface area contributed by atoms with E-state index in [1.165, 1.54) is 12.1 Å². The lowest BCUT2D eigenvalue weighted by Gasteiger charge is -2.37. The number of alkyl halides is 2. The first-order valence-corrected chi connectivity index (χ1v) is 12.2. The van der Waals surface area contributed by atoms with Crippen LogP contribution in [0.5, 0.6) is 0 Å². The summed E-state index contributed by atoms with van der Waals surface area (Å²) in [5.74, 6) is 1.32. The molecule has 0 aromatic heterocycles. The Balaban J connectivity index is 1.60. The van der Waals surface area contributed by atoms with Crippen molar-refractivity contribution in [3.8, 4) is 11.4 Å². The molecule has 192 valence electrons. The second-order valence-electron chi connectivity index (χ2n) is 9.20. The number of anilines is 2. The molecule has 1 aromatic rings. The van der Waals surface area contributed by atoms with Gasteiger partial charge in [0.15, 0.2) is 5.49 Å². The van der Waals surface area contributed by atoms with E-state index in [4.69, 9.17) is 4.99 Å². The van der Waals surface area contributed by atoms with Gasteiger partial charge >= 0.3 is 0 Å². The average molecular weight is 502 g/mol. The van der Waals surface area contributed by atoms with Crippen LogP contribution in [0.15, 0.2) is 29.3 Å². The highest BCUT2D eigenvalue weighted by Gasteiger charge is 2.28. The molecule has 11 heteroatoms. The minimum atomic E-state index is -2.90. The molecular formula is C25H30F3N7O. The third-order valence-corrected chi connectivity index (χ3v) is 6.88. The van der Waals surface area contributed by atoms with Crippen LogP contribution in [-0.4, -0.2) is 70.4 Å². The van der Waals surface area contributed by atoms with Gasteiger partial charge in [-0.15, -0.1) is 0 Å². The Kier molecular flexibility index (Phi) is 6.85. The van der Waals surface area contributed by atoms with Gasteiger partial charge in [-0.3, -0.25) is 9.89 Å². The number of hydrogen-bond donors (Lipinski definition) is 2. The lowest BCUT2D eigenvalue weighted by atomic mass is 10.0. The van der Waals surface area contributed by atoms with Gasteiger partial charge in [-0.25, -0.2) is 23.1 Å². The van der Waals surface area contributed by atoms with Crippen molar-refractivity contribution in [3.05, 3.63) is 52.5 Å². The number of halogens is 3. The zero-order chi connectivity index (χ0) is 25.4. The van der Waals surface area contributed by atoms with Crippen LogP contribution in [0.2, 0.25) is 0 Å². The van der Waals surface area contributed by atoms with E-state index in [1.54, 1.807) is 13.8 Å². The topological polar surface area (TPSA) is 81.8 Å². The number of piperazine rings is 1. The number of hydrogen-bond acceptors (Lipinski definition) is 7. The summed E-state index contributed by atoms with van der Waals surface area (Å²) >= 11 is 0. The first-order chi connectivity index (χ1) is 17.4. The molecule has 5 rings (SSSR count). The van der Waals surface area contributed by atoms with Crippen LogP contribution < -0.4 is 15.7 Å². The van der Waals surface area contributed by atoms with Crippen molar-refractivity contribution in [2.75, 3.05) is 56.1 Å². The number of aliphatic hydroxyl groups excluding tert-OH is 1. The first-order valence-electron chi connectivity index (χ1n) is 12.2. The van der Waals surface area contributed by atoms with Crippen molar-refractivity contribution in [2.45, 2.75) is 32.9 Å². The highest BCUT2D eigenvalue weighted by molar-refractivity contribution is 5.77. The first kappa shape index (κ1) is 24.5. The Labute approximate surface area is 207 Å². The number of nitrogens with one attached hydrogen (secondary N) is 1. The fourth-order valence-corrected chi connectivity index (χ4v) is 5.03. The molecule has 1 atom stereocenters. The maximum absolute atomic E-state index is 14.8. The summed E-state index contributed by atoms with van der Waals surface area (Å²) in [6.45, 7) is 9.08. The molecule has 0 spiro atoms. The Morgan fingerprint density at radius 2 is 1.86 bits per heavy atom. The summed E-state index contributed by atoms with van der Waals surface area (Å²) < 4.78 is 43.5. The van der Waals surface area contributed by atoms with Crippen LogP contribution in [0.4, 0.5) is 24.7 Å². The van der Waals surface area contributed by atoms with Crippen LogP contribution >= 0.6 is 0 Å². The number of nitrogens with zero attached hydrogens (tertiary/aromatic N) is 6. The number of pyridine rings is 1. The number of β-amino-alcohol motifs (C(OH)–C–C–N with tert-alkyl or cyclic N) is 1. The molecule has 1 saturated heterocycles.